The van der Waals surface area contributed by atoms with E-state index >= 15 is 0 Å². The van der Waals surface area contributed by atoms with Crippen LogP contribution in [-0.4, -0.2) is 88.3 Å². The molecule has 1 fully saturated rings. The van der Waals surface area contributed by atoms with Gasteiger partial charge in [0, 0.05) is 48.5 Å². The molecule has 1 aromatic carbocycles. The monoisotopic (exact) mass is 639 g/mol. The number of aromatic nitrogens is 5. The van der Waals surface area contributed by atoms with Gasteiger partial charge in [0.1, 0.15) is 23.9 Å². The van der Waals surface area contributed by atoms with Gasteiger partial charge in [0.15, 0.2) is 5.82 Å². The number of carbonyl (C=O) groups is 1. The predicted molar refractivity (Wildman–Crippen MR) is 177 cm³/mol. The minimum absolute atomic E-state index is 0.0466. The third-order valence-corrected chi connectivity index (χ3v) is 8.40. The number of aliphatic hydroxyl groups excluding tert-OH is 1. The molecule has 0 radical (unpaired) electrons. The van der Waals surface area contributed by atoms with Gasteiger partial charge in [-0.15, -0.1) is 5.10 Å². The van der Waals surface area contributed by atoms with Gasteiger partial charge in [-0.1, -0.05) is 37.0 Å². The Bertz CT molecular complexity index is 1440. The number of alkyl carbamates (subject to hydrolysis) is 1. The first-order chi connectivity index (χ1) is 21.2. The number of hydrogen-bond acceptors (Lipinski definition) is 10. The third-order valence-electron chi connectivity index (χ3n) is 7.16. The number of anilines is 1. The Labute approximate surface area is 267 Å². The molecule has 4 rings (SSSR count). The van der Waals surface area contributed by atoms with Crippen molar-refractivity contribution in [1.29, 1.82) is 0 Å². The van der Waals surface area contributed by atoms with E-state index in [0.29, 0.717) is 11.6 Å². The number of amides is 1. The molecule has 0 aliphatic carbocycles. The number of aliphatic hydroxyl groups is 1. The smallest absolute Gasteiger partial charge is 0.407 e. The minimum Gasteiger partial charge on any atom is -0.491 e. The molecule has 246 valence electrons. The summed E-state index contributed by atoms with van der Waals surface area (Å²) in [6, 6.07) is 7.78. The summed E-state index contributed by atoms with van der Waals surface area (Å²) in [5.74, 6) is 1.90. The van der Waals surface area contributed by atoms with E-state index in [4.69, 9.17) is 24.2 Å². The molecule has 1 aliphatic rings. The predicted octanol–water partition coefficient (Wildman–Crippen LogP) is 5.14. The fourth-order valence-corrected chi connectivity index (χ4v) is 6.06. The van der Waals surface area contributed by atoms with Gasteiger partial charge in [0.2, 0.25) is 0 Å². The summed E-state index contributed by atoms with van der Waals surface area (Å²) in [5, 5.41) is 25.8. The maximum Gasteiger partial charge on any atom is 0.407 e. The number of rotatable bonds is 12. The molecule has 0 spiro atoms. The van der Waals surface area contributed by atoms with Crippen LogP contribution in [0.2, 0.25) is 19.6 Å². The maximum atomic E-state index is 11.9. The average Bonchev–Trinajstić information content (AvgIpc) is 3.30. The molecule has 1 saturated heterocycles. The third kappa shape index (κ3) is 10.2. The van der Waals surface area contributed by atoms with E-state index in [1.807, 2.05) is 63.6 Å². The van der Waals surface area contributed by atoms with Gasteiger partial charge in [-0.2, -0.15) is 0 Å². The van der Waals surface area contributed by atoms with Crippen molar-refractivity contribution >= 4 is 20.0 Å². The molecule has 1 amide bonds. The van der Waals surface area contributed by atoms with Crippen LogP contribution < -0.4 is 15.4 Å². The summed E-state index contributed by atoms with van der Waals surface area (Å²) >= 11 is 0. The van der Waals surface area contributed by atoms with Crippen molar-refractivity contribution in [1.82, 2.24) is 30.3 Å². The van der Waals surface area contributed by atoms with E-state index in [-0.39, 0.29) is 25.7 Å². The Hall–Kier alpha value is -3.55. The number of benzene rings is 1. The lowest BCUT2D eigenvalue weighted by Crippen LogP contribution is -2.41. The second kappa shape index (κ2) is 14.7. The Morgan fingerprint density at radius 1 is 1.18 bits per heavy atom. The first-order valence-corrected chi connectivity index (χ1v) is 19.4. The van der Waals surface area contributed by atoms with E-state index in [1.165, 1.54) is 0 Å². The number of ether oxygens (including phenoxy) is 3. The molecular formula is C32H49N7O5Si. The highest BCUT2D eigenvalue weighted by atomic mass is 28.3. The quantitative estimate of drug-likeness (QED) is 0.228. The van der Waals surface area contributed by atoms with Crippen molar-refractivity contribution in [2.45, 2.75) is 97.4 Å². The van der Waals surface area contributed by atoms with Crippen LogP contribution in [0.15, 0.2) is 24.3 Å². The molecule has 2 aromatic heterocycles. The summed E-state index contributed by atoms with van der Waals surface area (Å²) in [7, 11) is -1.52. The lowest BCUT2D eigenvalue weighted by Gasteiger charge is -2.25. The van der Waals surface area contributed by atoms with Gasteiger partial charge in [-0.05, 0) is 59.6 Å². The summed E-state index contributed by atoms with van der Waals surface area (Å²) in [6.07, 6.45) is 1.56. The van der Waals surface area contributed by atoms with Gasteiger partial charge in [-0.25, -0.2) is 19.4 Å². The molecule has 45 heavy (non-hydrogen) atoms. The Balaban J connectivity index is 1.56. The zero-order valence-corrected chi connectivity index (χ0v) is 28.9. The van der Waals surface area contributed by atoms with E-state index in [1.54, 1.807) is 0 Å². The summed E-state index contributed by atoms with van der Waals surface area (Å²) in [5.41, 5.74) is 3.86. The highest BCUT2D eigenvalue weighted by Gasteiger charge is 2.25. The van der Waals surface area contributed by atoms with Crippen LogP contribution in [0.4, 0.5) is 10.6 Å². The van der Waals surface area contributed by atoms with Crippen LogP contribution in [0.3, 0.4) is 0 Å². The molecule has 1 atom stereocenters. The Morgan fingerprint density at radius 2 is 1.91 bits per heavy atom. The van der Waals surface area contributed by atoms with Crippen molar-refractivity contribution in [3.8, 4) is 28.5 Å². The second-order valence-electron chi connectivity index (χ2n) is 13.9. The number of aryl methyl sites for hydroxylation is 1. The standard InChI is InChI=1S/C32H49N7O5Si/c1-21-27(28-22(2)37-38-39(28)20-45(6,7)8)34-30(35-29(21)33-24-12-15-42-16-13-24)23-10-9-11-26(18-23)44-19-25(40)14-17-43-31(41)36-32(3,4)5/h9-11,18,24-25,40H,12-17,19-20H2,1-8H3,(H,36,41)(H,33,34,35). The van der Waals surface area contributed by atoms with E-state index in [0.717, 1.165) is 66.2 Å². The number of nitrogens with zero attached hydrogens (tertiary/aromatic N) is 5. The molecule has 13 heteroatoms. The van der Waals surface area contributed by atoms with Crippen LogP contribution in [0.5, 0.6) is 5.75 Å². The molecule has 1 unspecified atom stereocenters. The first-order valence-electron chi connectivity index (χ1n) is 15.7. The summed E-state index contributed by atoms with van der Waals surface area (Å²) < 4.78 is 18.7. The van der Waals surface area contributed by atoms with Gasteiger partial charge in [-0.3, -0.25) is 0 Å². The largest absolute Gasteiger partial charge is 0.491 e. The number of hydrogen-bond donors (Lipinski definition) is 3. The average molecular weight is 640 g/mol. The highest BCUT2D eigenvalue weighted by molar-refractivity contribution is 6.74. The zero-order valence-electron chi connectivity index (χ0n) is 27.9. The fourth-order valence-electron chi connectivity index (χ4n) is 4.94. The lowest BCUT2D eigenvalue weighted by atomic mass is 10.1. The molecule has 3 heterocycles. The van der Waals surface area contributed by atoms with Crippen molar-refractivity contribution in [2.75, 3.05) is 31.7 Å². The fraction of sp³-hybridized carbons (Fsp3) is 0.594. The van der Waals surface area contributed by atoms with Crippen molar-refractivity contribution in [3.63, 3.8) is 0 Å². The van der Waals surface area contributed by atoms with Crippen molar-refractivity contribution in [3.05, 3.63) is 35.5 Å². The van der Waals surface area contributed by atoms with Gasteiger partial charge >= 0.3 is 6.09 Å². The Morgan fingerprint density at radius 3 is 2.60 bits per heavy atom. The summed E-state index contributed by atoms with van der Waals surface area (Å²) in [6.45, 7) is 18.1. The summed E-state index contributed by atoms with van der Waals surface area (Å²) in [4.78, 5) is 22.0. The minimum atomic E-state index is -1.52. The molecule has 3 N–H and O–H groups in total. The molecule has 1 aliphatic heterocycles. The van der Waals surface area contributed by atoms with Crippen LogP contribution in [0.1, 0.15) is 51.3 Å². The SMILES string of the molecule is Cc1nnn(C[Si](C)(C)C)c1-c1nc(-c2cccc(OCC(O)CCOC(=O)NC(C)(C)C)c2)nc(NC2CCOCC2)c1C. The van der Waals surface area contributed by atoms with E-state index < -0.39 is 25.8 Å². The van der Waals surface area contributed by atoms with Crippen LogP contribution in [-0.2, 0) is 15.6 Å². The molecular weight excluding hydrogens is 590 g/mol. The molecule has 12 nitrogen and oxygen atoms in total. The Kier molecular flexibility index (Phi) is 11.2. The van der Waals surface area contributed by atoms with Gasteiger partial charge < -0.3 is 30.0 Å². The van der Waals surface area contributed by atoms with Gasteiger partial charge in [0.05, 0.1) is 32.2 Å². The first kappa shape index (κ1) is 34.3. The zero-order chi connectivity index (χ0) is 32.8. The number of carbonyl (C=O) groups excluding carboxylic acids is 1. The maximum absolute atomic E-state index is 11.9. The van der Waals surface area contributed by atoms with E-state index in [9.17, 15) is 9.90 Å². The molecule has 0 bridgehead atoms. The van der Waals surface area contributed by atoms with Gasteiger partial charge in [0.25, 0.3) is 0 Å². The number of nitrogens with one attached hydrogen (secondary N) is 2. The van der Waals surface area contributed by atoms with Crippen LogP contribution >= 0.6 is 0 Å². The van der Waals surface area contributed by atoms with Crippen LogP contribution in [0, 0.1) is 13.8 Å². The normalized spacial score (nSPS) is 15.0. The molecule has 3 aromatic rings. The second-order valence-corrected chi connectivity index (χ2v) is 19.4. The highest BCUT2D eigenvalue weighted by Crippen LogP contribution is 2.32. The van der Waals surface area contributed by atoms with Crippen molar-refractivity contribution < 1.29 is 24.1 Å². The topological polar surface area (TPSA) is 146 Å². The van der Waals surface area contributed by atoms with E-state index in [2.05, 4.69) is 40.6 Å². The van der Waals surface area contributed by atoms with Crippen LogP contribution in [0.25, 0.3) is 22.8 Å². The molecule has 0 saturated carbocycles. The lowest BCUT2D eigenvalue weighted by molar-refractivity contribution is 0.0706. The van der Waals surface area contributed by atoms with Crippen molar-refractivity contribution in [2.24, 2.45) is 0 Å².